The number of ether oxygens (including phenoxy) is 1. The molecule has 0 saturated carbocycles. The molecule has 0 heterocycles. The molecule has 0 aliphatic rings. The van der Waals surface area contributed by atoms with Crippen molar-refractivity contribution in [1.29, 1.82) is 0 Å². The van der Waals surface area contributed by atoms with E-state index in [-0.39, 0.29) is 12.2 Å². The maximum atomic E-state index is 13.7. The van der Waals surface area contributed by atoms with Crippen LogP contribution in [0.25, 0.3) is 0 Å². The second-order valence-corrected chi connectivity index (χ2v) is 4.24. The zero-order valence-corrected chi connectivity index (χ0v) is 11.3. The second-order valence-electron chi connectivity index (χ2n) is 3.81. The molecular formula is C13H17ClFNO2. The van der Waals surface area contributed by atoms with Gasteiger partial charge in [0, 0.05) is 10.6 Å². The Bertz CT molecular complexity index is 412. The lowest BCUT2D eigenvalue weighted by Crippen LogP contribution is -2.31. The maximum Gasteiger partial charge on any atom is 0.327 e. The van der Waals surface area contributed by atoms with E-state index in [1.807, 2.05) is 6.92 Å². The number of carbonyl (C=O) groups excluding carboxylic acids is 1. The summed E-state index contributed by atoms with van der Waals surface area (Å²) in [4.78, 5) is 11.8. The molecule has 0 aliphatic carbocycles. The highest BCUT2D eigenvalue weighted by atomic mass is 35.5. The minimum Gasteiger partial charge on any atom is -0.465 e. The number of hydrogen-bond acceptors (Lipinski definition) is 3. The average molecular weight is 274 g/mol. The van der Waals surface area contributed by atoms with E-state index in [2.05, 4.69) is 5.32 Å². The largest absolute Gasteiger partial charge is 0.465 e. The number of hydrogen-bond donors (Lipinski definition) is 1. The Morgan fingerprint density at radius 3 is 2.83 bits per heavy atom. The van der Waals surface area contributed by atoms with E-state index in [0.717, 1.165) is 6.42 Å². The maximum absolute atomic E-state index is 13.7. The van der Waals surface area contributed by atoms with Crippen molar-refractivity contribution in [2.75, 3.05) is 13.2 Å². The summed E-state index contributed by atoms with van der Waals surface area (Å²) < 4.78 is 18.7. The fourth-order valence-corrected chi connectivity index (χ4v) is 1.75. The molecule has 0 saturated heterocycles. The molecule has 1 aromatic rings. The lowest BCUT2D eigenvalue weighted by Gasteiger charge is -2.18. The van der Waals surface area contributed by atoms with Gasteiger partial charge in [0.15, 0.2) is 0 Å². The zero-order chi connectivity index (χ0) is 13.5. The molecule has 100 valence electrons. The van der Waals surface area contributed by atoms with E-state index >= 15 is 0 Å². The zero-order valence-electron chi connectivity index (χ0n) is 10.5. The van der Waals surface area contributed by atoms with Crippen molar-refractivity contribution >= 4 is 17.6 Å². The first-order valence-electron chi connectivity index (χ1n) is 5.95. The highest BCUT2D eigenvalue weighted by Crippen LogP contribution is 2.22. The van der Waals surface area contributed by atoms with Crippen LogP contribution in [0.3, 0.4) is 0 Å². The molecule has 3 nitrogen and oxygen atoms in total. The molecule has 0 radical (unpaired) electrons. The van der Waals surface area contributed by atoms with Crippen molar-refractivity contribution < 1.29 is 13.9 Å². The lowest BCUT2D eigenvalue weighted by molar-refractivity contribution is -0.145. The van der Waals surface area contributed by atoms with Crippen LogP contribution >= 0.6 is 11.6 Å². The summed E-state index contributed by atoms with van der Waals surface area (Å²) >= 11 is 5.83. The molecule has 0 aliphatic heterocycles. The van der Waals surface area contributed by atoms with Gasteiger partial charge in [-0.1, -0.05) is 18.5 Å². The topological polar surface area (TPSA) is 38.3 Å². The highest BCUT2D eigenvalue weighted by molar-refractivity contribution is 6.30. The Morgan fingerprint density at radius 2 is 2.22 bits per heavy atom. The van der Waals surface area contributed by atoms with Crippen LogP contribution in [0.1, 0.15) is 31.9 Å². The first kappa shape index (κ1) is 14.9. The van der Waals surface area contributed by atoms with E-state index in [1.165, 1.54) is 18.2 Å². The second kappa shape index (κ2) is 7.34. The molecule has 0 fully saturated rings. The van der Waals surface area contributed by atoms with Crippen molar-refractivity contribution in [3.8, 4) is 0 Å². The van der Waals surface area contributed by atoms with Gasteiger partial charge in [0.2, 0.25) is 0 Å². The average Bonchev–Trinajstić information content (AvgIpc) is 2.34. The normalized spacial score (nSPS) is 12.2. The smallest absolute Gasteiger partial charge is 0.327 e. The standard InChI is InChI=1S/C13H17ClFNO2/c1-3-7-16-12(13(17)18-4-2)10-8-9(14)5-6-11(10)15/h5-6,8,12,16H,3-4,7H2,1-2H3. The van der Waals surface area contributed by atoms with Gasteiger partial charge in [-0.05, 0) is 38.1 Å². The molecule has 0 amide bonds. The number of carbonyl (C=O) groups is 1. The van der Waals surface area contributed by atoms with Crippen molar-refractivity contribution in [2.24, 2.45) is 0 Å². The Hall–Kier alpha value is -1.13. The van der Waals surface area contributed by atoms with Crippen LogP contribution in [0.5, 0.6) is 0 Å². The number of esters is 1. The van der Waals surface area contributed by atoms with Gasteiger partial charge in [0.05, 0.1) is 6.61 Å². The quantitative estimate of drug-likeness (QED) is 0.810. The molecule has 5 heteroatoms. The monoisotopic (exact) mass is 273 g/mol. The molecule has 1 aromatic carbocycles. The third-order valence-electron chi connectivity index (χ3n) is 2.39. The predicted molar refractivity (Wildman–Crippen MR) is 69.1 cm³/mol. The van der Waals surface area contributed by atoms with Crippen LogP contribution in [0, 0.1) is 5.82 Å². The van der Waals surface area contributed by atoms with Crippen LogP contribution in [-0.2, 0) is 9.53 Å². The SMILES string of the molecule is CCCNC(C(=O)OCC)c1cc(Cl)ccc1F. The van der Waals surface area contributed by atoms with E-state index in [9.17, 15) is 9.18 Å². The molecule has 18 heavy (non-hydrogen) atoms. The number of rotatable bonds is 6. The first-order valence-corrected chi connectivity index (χ1v) is 6.32. The molecule has 0 aromatic heterocycles. The Morgan fingerprint density at radius 1 is 1.50 bits per heavy atom. The summed E-state index contributed by atoms with van der Waals surface area (Å²) in [6.45, 7) is 4.52. The van der Waals surface area contributed by atoms with Crippen molar-refractivity contribution in [1.82, 2.24) is 5.32 Å². The van der Waals surface area contributed by atoms with E-state index in [4.69, 9.17) is 16.3 Å². The molecule has 0 bridgehead atoms. The van der Waals surface area contributed by atoms with E-state index in [1.54, 1.807) is 6.92 Å². The fraction of sp³-hybridized carbons (Fsp3) is 0.462. The highest BCUT2D eigenvalue weighted by Gasteiger charge is 2.24. The lowest BCUT2D eigenvalue weighted by atomic mass is 10.1. The Labute approximate surface area is 111 Å². The van der Waals surface area contributed by atoms with Gasteiger partial charge < -0.3 is 10.1 Å². The predicted octanol–water partition coefficient (Wildman–Crippen LogP) is 3.08. The van der Waals surface area contributed by atoms with Crippen LogP contribution in [-0.4, -0.2) is 19.1 Å². The minimum absolute atomic E-state index is 0.217. The number of nitrogens with one attached hydrogen (secondary N) is 1. The fourth-order valence-electron chi connectivity index (χ4n) is 1.57. The summed E-state index contributed by atoms with van der Waals surface area (Å²) in [5, 5.41) is 3.35. The van der Waals surface area contributed by atoms with E-state index < -0.39 is 17.8 Å². The molecular weight excluding hydrogens is 257 g/mol. The van der Waals surface area contributed by atoms with Crippen LogP contribution in [0.15, 0.2) is 18.2 Å². The van der Waals surface area contributed by atoms with Gasteiger partial charge in [-0.2, -0.15) is 0 Å². The van der Waals surface area contributed by atoms with Crippen molar-refractivity contribution in [3.05, 3.63) is 34.6 Å². The van der Waals surface area contributed by atoms with Crippen LogP contribution < -0.4 is 5.32 Å². The van der Waals surface area contributed by atoms with Crippen LogP contribution in [0.4, 0.5) is 4.39 Å². The van der Waals surface area contributed by atoms with Crippen molar-refractivity contribution in [2.45, 2.75) is 26.3 Å². The minimum atomic E-state index is -0.816. The molecule has 1 unspecified atom stereocenters. The van der Waals surface area contributed by atoms with Gasteiger partial charge in [-0.15, -0.1) is 0 Å². The summed E-state index contributed by atoms with van der Waals surface area (Å²) in [5.41, 5.74) is 0.217. The summed E-state index contributed by atoms with van der Waals surface area (Å²) in [7, 11) is 0. The molecule has 1 N–H and O–H groups in total. The van der Waals surface area contributed by atoms with Crippen LogP contribution in [0.2, 0.25) is 5.02 Å². The van der Waals surface area contributed by atoms with Gasteiger partial charge in [0.25, 0.3) is 0 Å². The van der Waals surface area contributed by atoms with E-state index in [0.29, 0.717) is 11.6 Å². The molecule has 0 spiro atoms. The molecule has 1 atom stereocenters. The molecule has 1 rings (SSSR count). The first-order chi connectivity index (χ1) is 8.60. The van der Waals surface area contributed by atoms with Gasteiger partial charge in [0.1, 0.15) is 11.9 Å². The third-order valence-corrected chi connectivity index (χ3v) is 2.62. The summed E-state index contributed by atoms with van der Waals surface area (Å²) in [5.74, 6) is -0.965. The van der Waals surface area contributed by atoms with Crippen molar-refractivity contribution in [3.63, 3.8) is 0 Å². The number of halogens is 2. The van der Waals surface area contributed by atoms with Gasteiger partial charge in [-0.25, -0.2) is 9.18 Å². The van der Waals surface area contributed by atoms with Gasteiger partial charge >= 0.3 is 5.97 Å². The summed E-state index contributed by atoms with van der Waals surface area (Å²) in [6.07, 6.45) is 0.831. The Balaban J connectivity index is 3.00. The number of benzene rings is 1. The Kier molecular flexibility index (Phi) is 6.09. The third kappa shape index (κ3) is 3.96. The summed E-state index contributed by atoms with van der Waals surface area (Å²) in [6, 6.07) is 3.32. The van der Waals surface area contributed by atoms with Gasteiger partial charge in [-0.3, -0.25) is 0 Å².